The molecule has 0 atom stereocenters. The highest BCUT2D eigenvalue weighted by Crippen LogP contribution is 2.24. The van der Waals surface area contributed by atoms with Crippen molar-refractivity contribution in [2.24, 2.45) is 0 Å². The van der Waals surface area contributed by atoms with Crippen molar-refractivity contribution in [3.8, 4) is 5.75 Å². The molecule has 2 aromatic carbocycles. The van der Waals surface area contributed by atoms with Gasteiger partial charge in [0.1, 0.15) is 18.0 Å². The summed E-state index contributed by atoms with van der Waals surface area (Å²) in [5.74, 6) is 0.680. The van der Waals surface area contributed by atoms with Gasteiger partial charge in [0.15, 0.2) is 0 Å². The maximum atomic E-state index is 11.8. The third kappa shape index (κ3) is 6.13. The first-order chi connectivity index (χ1) is 11.3. The van der Waals surface area contributed by atoms with Gasteiger partial charge in [-0.15, -0.1) is 0 Å². The van der Waals surface area contributed by atoms with Crippen LogP contribution in [-0.2, 0) is 17.9 Å². The van der Waals surface area contributed by atoms with Crippen LogP contribution in [0.4, 0.5) is 4.79 Å². The molecule has 2 rings (SSSR count). The highest BCUT2D eigenvalue weighted by molar-refractivity contribution is 6.30. The summed E-state index contributed by atoms with van der Waals surface area (Å²) in [6.07, 6.45) is -0.475. The van der Waals surface area contributed by atoms with Gasteiger partial charge in [-0.1, -0.05) is 41.9 Å². The molecule has 0 aromatic heterocycles. The van der Waals surface area contributed by atoms with E-state index < -0.39 is 11.7 Å². The third-order valence-electron chi connectivity index (χ3n) is 3.08. The number of alkyl carbamates (subject to hydrolysis) is 1. The van der Waals surface area contributed by atoms with Gasteiger partial charge in [-0.3, -0.25) is 0 Å². The van der Waals surface area contributed by atoms with E-state index in [2.05, 4.69) is 5.32 Å². The molecule has 0 bridgehead atoms. The van der Waals surface area contributed by atoms with Gasteiger partial charge in [0.05, 0.1) is 0 Å². The Morgan fingerprint density at radius 1 is 1.12 bits per heavy atom. The standard InChI is InChI=1S/C19H22ClNO3/c1-19(2,3)24-18(22)21-12-15-11-16(20)9-10-17(15)23-13-14-7-5-4-6-8-14/h4-11H,12-13H2,1-3H3,(H,21,22). The quantitative estimate of drug-likeness (QED) is 0.833. The number of rotatable bonds is 5. The van der Waals surface area contributed by atoms with E-state index >= 15 is 0 Å². The molecule has 1 amide bonds. The highest BCUT2D eigenvalue weighted by Gasteiger charge is 2.16. The van der Waals surface area contributed by atoms with E-state index in [9.17, 15) is 4.79 Å². The van der Waals surface area contributed by atoms with Crippen molar-refractivity contribution in [1.29, 1.82) is 0 Å². The summed E-state index contributed by atoms with van der Waals surface area (Å²) >= 11 is 6.06. The minimum absolute atomic E-state index is 0.277. The van der Waals surface area contributed by atoms with E-state index in [0.717, 1.165) is 11.1 Å². The van der Waals surface area contributed by atoms with Crippen LogP contribution in [0.2, 0.25) is 5.02 Å². The number of carbonyl (C=O) groups excluding carboxylic acids is 1. The highest BCUT2D eigenvalue weighted by atomic mass is 35.5. The second-order valence-corrected chi connectivity index (χ2v) is 6.82. The van der Waals surface area contributed by atoms with Gasteiger partial charge >= 0.3 is 6.09 Å². The van der Waals surface area contributed by atoms with Crippen LogP contribution in [-0.4, -0.2) is 11.7 Å². The average Bonchev–Trinajstić information content (AvgIpc) is 2.51. The summed E-state index contributed by atoms with van der Waals surface area (Å²) < 4.78 is 11.1. The molecule has 0 spiro atoms. The maximum absolute atomic E-state index is 11.8. The molecule has 0 saturated carbocycles. The van der Waals surface area contributed by atoms with Gasteiger partial charge < -0.3 is 14.8 Å². The van der Waals surface area contributed by atoms with Gasteiger partial charge in [0.2, 0.25) is 0 Å². The van der Waals surface area contributed by atoms with Gasteiger partial charge in [-0.25, -0.2) is 4.79 Å². The van der Waals surface area contributed by atoms with Crippen molar-refractivity contribution in [2.45, 2.75) is 39.5 Å². The molecular weight excluding hydrogens is 326 g/mol. The molecule has 0 fully saturated rings. The van der Waals surface area contributed by atoms with Crippen molar-refractivity contribution in [3.63, 3.8) is 0 Å². The van der Waals surface area contributed by atoms with Crippen molar-refractivity contribution in [1.82, 2.24) is 5.32 Å². The fraction of sp³-hybridized carbons (Fsp3) is 0.316. The van der Waals surface area contributed by atoms with Crippen LogP contribution in [0.25, 0.3) is 0 Å². The predicted molar refractivity (Wildman–Crippen MR) is 95.3 cm³/mol. The number of hydrogen-bond acceptors (Lipinski definition) is 3. The smallest absolute Gasteiger partial charge is 0.407 e. The normalized spacial score (nSPS) is 11.0. The third-order valence-corrected chi connectivity index (χ3v) is 3.32. The van der Waals surface area contributed by atoms with E-state index in [4.69, 9.17) is 21.1 Å². The van der Waals surface area contributed by atoms with E-state index in [1.54, 1.807) is 18.2 Å². The number of carbonyl (C=O) groups is 1. The Labute approximate surface area is 147 Å². The lowest BCUT2D eigenvalue weighted by Crippen LogP contribution is -2.32. The monoisotopic (exact) mass is 347 g/mol. The van der Waals surface area contributed by atoms with Crippen molar-refractivity contribution >= 4 is 17.7 Å². The van der Waals surface area contributed by atoms with Crippen LogP contribution in [0.1, 0.15) is 31.9 Å². The molecule has 2 aromatic rings. The van der Waals surface area contributed by atoms with Crippen LogP contribution in [0, 0.1) is 0 Å². The zero-order chi connectivity index (χ0) is 17.6. The Balaban J connectivity index is 2.00. The zero-order valence-corrected chi connectivity index (χ0v) is 14.9. The minimum atomic E-state index is -0.537. The van der Waals surface area contributed by atoms with E-state index in [-0.39, 0.29) is 6.54 Å². The fourth-order valence-electron chi connectivity index (χ4n) is 2.04. The molecule has 1 N–H and O–H groups in total. The Morgan fingerprint density at radius 2 is 1.83 bits per heavy atom. The van der Waals surface area contributed by atoms with Gasteiger partial charge in [-0.05, 0) is 44.5 Å². The summed E-state index contributed by atoms with van der Waals surface area (Å²) in [7, 11) is 0. The van der Waals surface area contributed by atoms with Crippen LogP contribution in [0.3, 0.4) is 0 Å². The molecule has 128 valence electrons. The maximum Gasteiger partial charge on any atom is 0.407 e. The number of nitrogens with one attached hydrogen (secondary N) is 1. The summed E-state index contributed by atoms with van der Waals surface area (Å²) in [6.45, 7) is 6.18. The molecule has 0 unspecified atom stereocenters. The molecule has 24 heavy (non-hydrogen) atoms. The first-order valence-corrected chi connectivity index (χ1v) is 8.13. The number of ether oxygens (including phenoxy) is 2. The second-order valence-electron chi connectivity index (χ2n) is 6.38. The predicted octanol–water partition coefficient (Wildman–Crippen LogP) is 4.94. The first-order valence-electron chi connectivity index (χ1n) is 7.75. The van der Waals surface area contributed by atoms with Crippen molar-refractivity contribution in [2.75, 3.05) is 0 Å². The molecule has 5 heteroatoms. The lowest BCUT2D eigenvalue weighted by molar-refractivity contribution is 0.0523. The van der Waals surface area contributed by atoms with Crippen LogP contribution in [0.5, 0.6) is 5.75 Å². The van der Waals surface area contributed by atoms with Gasteiger partial charge in [0.25, 0.3) is 0 Å². The number of benzene rings is 2. The second kappa shape index (κ2) is 8.06. The first kappa shape index (κ1) is 18.1. The summed E-state index contributed by atoms with van der Waals surface area (Å²) in [4.78, 5) is 11.8. The lowest BCUT2D eigenvalue weighted by atomic mass is 10.2. The molecule has 4 nitrogen and oxygen atoms in total. The van der Waals surface area contributed by atoms with E-state index in [1.807, 2.05) is 51.1 Å². The Kier molecular flexibility index (Phi) is 6.10. The Morgan fingerprint density at radius 3 is 2.50 bits per heavy atom. The SMILES string of the molecule is CC(C)(C)OC(=O)NCc1cc(Cl)ccc1OCc1ccccc1. The Bertz CT molecular complexity index is 681. The van der Waals surface area contributed by atoms with Crippen molar-refractivity contribution < 1.29 is 14.3 Å². The van der Waals surface area contributed by atoms with Crippen LogP contribution >= 0.6 is 11.6 Å². The molecule has 0 radical (unpaired) electrons. The summed E-state index contributed by atoms with van der Waals surface area (Å²) in [6, 6.07) is 15.2. The Hall–Kier alpha value is -2.20. The van der Waals surface area contributed by atoms with E-state index in [0.29, 0.717) is 17.4 Å². The van der Waals surface area contributed by atoms with Gasteiger partial charge in [0, 0.05) is 17.1 Å². The molecule has 0 aliphatic heterocycles. The molecule has 0 aliphatic rings. The molecule has 0 heterocycles. The molecule has 0 aliphatic carbocycles. The lowest BCUT2D eigenvalue weighted by Gasteiger charge is -2.20. The topological polar surface area (TPSA) is 47.6 Å². The summed E-state index contributed by atoms with van der Waals surface area (Å²) in [5, 5.41) is 3.31. The molecule has 0 saturated heterocycles. The van der Waals surface area contributed by atoms with Crippen LogP contribution in [0.15, 0.2) is 48.5 Å². The minimum Gasteiger partial charge on any atom is -0.489 e. The molecular formula is C19H22ClNO3. The van der Waals surface area contributed by atoms with Crippen LogP contribution < -0.4 is 10.1 Å². The fourth-order valence-corrected chi connectivity index (χ4v) is 2.24. The largest absolute Gasteiger partial charge is 0.489 e. The van der Waals surface area contributed by atoms with E-state index in [1.165, 1.54) is 0 Å². The van der Waals surface area contributed by atoms with Gasteiger partial charge in [-0.2, -0.15) is 0 Å². The van der Waals surface area contributed by atoms with Crippen molar-refractivity contribution in [3.05, 3.63) is 64.7 Å². The number of halogens is 1. The summed E-state index contributed by atoms with van der Waals surface area (Å²) in [5.41, 5.74) is 1.33. The number of hydrogen-bond donors (Lipinski definition) is 1. The number of amides is 1. The average molecular weight is 348 g/mol. The zero-order valence-electron chi connectivity index (χ0n) is 14.1.